The van der Waals surface area contributed by atoms with Crippen molar-refractivity contribution in [3.63, 3.8) is 0 Å². The molecule has 0 atom stereocenters. The summed E-state index contributed by atoms with van der Waals surface area (Å²) in [5.74, 6) is 1.99. The fraction of sp³-hybridized carbons (Fsp3) is 0.0217. The molecule has 0 amide bonds. The standard InChI is InChI=1S/C46H27N3S2/c1-3-14-28(15-4-1)43-47-44(29-16-5-2-6-17-29)49-45(48-43)31-19-13-22-36-42(31)33-26-32-30-18-7-10-23-38(30)50-41(32)27-37(33)46(36)34-20-8-11-24-39(34)51-40-25-12-9-21-35(40)46/h1-27H. The molecule has 11 rings (SSSR count). The van der Waals surface area contributed by atoms with E-state index < -0.39 is 5.41 Å². The highest BCUT2D eigenvalue weighted by molar-refractivity contribution is 7.99. The van der Waals surface area contributed by atoms with E-state index in [1.165, 1.54) is 63.3 Å². The number of hydrogen-bond donors (Lipinski definition) is 0. The van der Waals surface area contributed by atoms with Gasteiger partial charge in [-0.3, -0.25) is 0 Å². The third-order valence-electron chi connectivity index (χ3n) is 10.4. The van der Waals surface area contributed by atoms with Crippen LogP contribution in [0.15, 0.2) is 174 Å². The van der Waals surface area contributed by atoms with Crippen LogP contribution in [0.1, 0.15) is 22.3 Å². The number of nitrogens with zero attached hydrogens (tertiary/aromatic N) is 3. The van der Waals surface area contributed by atoms with Crippen molar-refractivity contribution in [3.05, 3.63) is 186 Å². The zero-order chi connectivity index (χ0) is 33.5. The van der Waals surface area contributed by atoms with E-state index in [0.717, 1.165) is 16.7 Å². The minimum atomic E-state index is -0.513. The van der Waals surface area contributed by atoms with E-state index in [9.17, 15) is 0 Å². The van der Waals surface area contributed by atoms with E-state index in [4.69, 9.17) is 15.0 Å². The zero-order valence-electron chi connectivity index (χ0n) is 27.2. The van der Waals surface area contributed by atoms with E-state index in [0.29, 0.717) is 17.5 Å². The van der Waals surface area contributed by atoms with Crippen molar-refractivity contribution in [2.45, 2.75) is 15.2 Å². The van der Waals surface area contributed by atoms with Crippen molar-refractivity contribution < 1.29 is 0 Å². The largest absolute Gasteiger partial charge is 0.208 e. The summed E-state index contributed by atoms with van der Waals surface area (Å²) in [7, 11) is 0. The molecule has 2 aliphatic rings. The molecule has 1 aliphatic heterocycles. The number of hydrogen-bond acceptors (Lipinski definition) is 5. The summed E-state index contributed by atoms with van der Waals surface area (Å²) in [5, 5.41) is 2.57. The van der Waals surface area contributed by atoms with E-state index in [1.807, 2.05) is 59.5 Å². The Hall–Kier alpha value is -5.88. The molecule has 5 heteroatoms. The van der Waals surface area contributed by atoms with Crippen molar-refractivity contribution in [3.8, 4) is 45.3 Å². The van der Waals surface area contributed by atoms with Crippen LogP contribution in [0.3, 0.4) is 0 Å². The van der Waals surface area contributed by atoms with Gasteiger partial charge in [0.1, 0.15) is 0 Å². The Bertz CT molecular complexity index is 2740. The van der Waals surface area contributed by atoms with E-state index in [2.05, 4.69) is 127 Å². The fourth-order valence-electron chi connectivity index (χ4n) is 8.28. The van der Waals surface area contributed by atoms with Gasteiger partial charge in [0.05, 0.1) is 5.41 Å². The lowest BCUT2D eigenvalue weighted by atomic mass is 9.67. The van der Waals surface area contributed by atoms with E-state index >= 15 is 0 Å². The predicted octanol–water partition coefficient (Wildman–Crippen LogP) is 12.1. The van der Waals surface area contributed by atoms with Gasteiger partial charge < -0.3 is 0 Å². The van der Waals surface area contributed by atoms with Crippen molar-refractivity contribution in [2.75, 3.05) is 0 Å². The van der Waals surface area contributed by atoms with Gasteiger partial charge >= 0.3 is 0 Å². The molecule has 3 heterocycles. The second-order valence-electron chi connectivity index (χ2n) is 13.1. The molecule has 9 aromatic rings. The number of aromatic nitrogens is 3. The van der Waals surface area contributed by atoms with Crippen LogP contribution in [-0.4, -0.2) is 15.0 Å². The topological polar surface area (TPSA) is 38.7 Å². The Morgan fingerprint density at radius 2 is 0.961 bits per heavy atom. The van der Waals surface area contributed by atoms with Crippen LogP contribution >= 0.6 is 23.1 Å². The molecular weight excluding hydrogens is 659 g/mol. The highest BCUT2D eigenvalue weighted by Gasteiger charge is 2.51. The van der Waals surface area contributed by atoms with Crippen molar-refractivity contribution >= 4 is 43.3 Å². The smallest absolute Gasteiger partial charge is 0.164 e. The quantitative estimate of drug-likeness (QED) is 0.186. The minimum Gasteiger partial charge on any atom is -0.208 e. The predicted molar refractivity (Wildman–Crippen MR) is 210 cm³/mol. The summed E-state index contributed by atoms with van der Waals surface area (Å²) in [6.07, 6.45) is 0. The van der Waals surface area contributed by atoms with Gasteiger partial charge in [0.2, 0.25) is 0 Å². The average molecular weight is 686 g/mol. The fourth-order valence-corrected chi connectivity index (χ4v) is 10.6. The van der Waals surface area contributed by atoms with Crippen LogP contribution in [0.2, 0.25) is 0 Å². The summed E-state index contributed by atoms with van der Waals surface area (Å²) >= 11 is 3.75. The lowest BCUT2D eigenvalue weighted by molar-refractivity contribution is 0.723. The van der Waals surface area contributed by atoms with Gasteiger partial charge in [-0.25, -0.2) is 15.0 Å². The van der Waals surface area contributed by atoms with Crippen LogP contribution in [0, 0.1) is 0 Å². The van der Waals surface area contributed by atoms with E-state index in [-0.39, 0.29) is 0 Å². The molecule has 0 saturated heterocycles. The van der Waals surface area contributed by atoms with Crippen LogP contribution < -0.4 is 0 Å². The van der Waals surface area contributed by atoms with Crippen LogP contribution in [0.25, 0.3) is 65.5 Å². The first kappa shape index (κ1) is 28.9. The SMILES string of the molecule is c1ccc(-c2nc(-c3ccccc3)nc(-c3cccc4c3-c3cc5c(cc3C43c4ccccc4Sc4ccccc43)sc3ccccc35)n2)cc1. The molecule has 1 aliphatic carbocycles. The zero-order valence-corrected chi connectivity index (χ0v) is 28.9. The molecule has 0 saturated carbocycles. The van der Waals surface area contributed by atoms with Gasteiger partial charge in [-0.15, -0.1) is 11.3 Å². The van der Waals surface area contributed by atoms with Crippen molar-refractivity contribution in [1.82, 2.24) is 15.0 Å². The van der Waals surface area contributed by atoms with Crippen LogP contribution in [0.5, 0.6) is 0 Å². The maximum absolute atomic E-state index is 5.25. The lowest BCUT2D eigenvalue weighted by Gasteiger charge is -2.39. The monoisotopic (exact) mass is 685 g/mol. The first-order chi connectivity index (χ1) is 25.3. The number of thiophene rings is 1. The lowest BCUT2D eigenvalue weighted by Crippen LogP contribution is -2.31. The molecular formula is C46H27N3S2. The molecule has 0 bridgehead atoms. The molecule has 51 heavy (non-hydrogen) atoms. The third kappa shape index (κ3) is 4.16. The van der Waals surface area contributed by atoms with Gasteiger partial charge in [0.15, 0.2) is 17.5 Å². The molecule has 238 valence electrons. The third-order valence-corrected chi connectivity index (χ3v) is 12.7. The first-order valence-corrected chi connectivity index (χ1v) is 18.7. The number of rotatable bonds is 3. The Labute approximate surface area is 303 Å². The highest BCUT2D eigenvalue weighted by Crippen LogP contribution is 2.64. The summed E-state index contributed by atoms with van der Waals surface area (Å²) in [6.45, 7) is 0. The Balaban J connectivity index is 1.28. The average Bonchev–Trinajstić information content (AvgIpc) is 3.71. The maximum Gasteiger partial charge on any atom is 0.164 e. The molecule has 3 nitrogen and oxygen atoms in total. The normalized spacial score (nSPS) is 13.6. The minimum absolute atomic E-state index is 0.513. The highest BCUT2D eigenvalue weighted by atomic mass is 32.2. The number of benzene rings is 7. The maximum atomic E-state index is 5.25. The van der Waals surface area contributed by atoms with Gasteiger partial charge in [0.25, 0.3) is 0 Å². The van der Waals surface area contributed by atoms with E-state index in [1.54, 1.807) is 0 Å². The summed E-state index contributed by atoms with van der Waals surface area (Å²) in [6, 6.07) is 58.9. The van der Waals surface area contributed by atoms with Crippen molar-refractivity contribution in [2.24, 2.45) is 0 Å². The van der Waals surface area contributed by atoms with Crippen LogP contribution in [0.4, 0.5) is 0 Å². The molecule has 2 aromatic heterocycles. The molecule has 7 aromatic carbocycles. The molecule has 0 fully saturated rings. The second kappa shape index (κ2) is 11.1. The summed E-state index contributed by atoms with van der Waals surface area (Å²) in [5.41, 5.74) is 10.0. The van der Waals surface area contributed by atoms with Crippen molar-refractivity contribution in [1.29, 1.82) is 0 Å². The molecule has 1 spiro atoms. The second-order valence-corrected chi connectivity index (χ2v) is 15.3. The van der Waals surface area contributed by atoms with Gasteiger partial charge in [-0.05, 0) is 63.7 Å². The van der Waals surface area contributed by atoms with Crippen LogP contribution in [-0.2, 0) is 5.41 Å². The van der Waals surface area contributed by atoms with Gasteiger partial charge in [-0.1, -0.05) is 145 Å². The van der Waals surface area contributed by atoms with Gasteiger partial charge in [0, 0.05) is 46.7 Å². The summed E-state index contributed by atoms with van der Waals surface area (Å²) in [4.78, 5) is 18.1. The Kier molecular flexibility index (Phi) is 6.27. The summed E-state index contributed by atoms with van der Waals surface area (Å²) < 4.78 is 2.60. The Morgan fingerprint density at radius 3 is 1.65 bits per heavy atom. The number of fused-ring (bicyclic) bond motifs is 12. The Morgan fingerprint density at radius 1 is 0.392 bits per heavy atom. The molecule has 0 N–H and O–H groups in total. The van der Waals surface area contributed by atoms with Gasteiger partial charge in [-0.2, -0.15) is 0 Å². The first-order valence-electron chi connectivity index (χ1n) is 17.1. The molecule has 0 radical (unpaired) electrons. The molecule has 0 unspecified atom stereocenters.